The van der Waals surface area contributed by atoms with Crippen LogP contribution in [0, 0.1) is 11.3 Å². The highest BCUT2D eigenvalue weighted by Crippen LogP contribution is 2.26. The van der Waals surface area contributed by atoms with Crippen LogP contribution in [0.4, 0.5) is 0 Å². The standard InChI is InChI=1S/C26H36N2O5/c1-26(2,3)22-17-33-24(31)12-6-4-5-10-19(25(32)27-22)14-23(30)28-15-20-11-8-7-9-18(20)13-21(28)16-29/h4-5,7-9,11,19,21-22,29H,6,10,12-17H2,1-3H3,(H,27,32)/t19-,21+,22-/m1/s1. The molecule has 180 valence electrons. The highest BCUT2D eigenvalue weighted by Gasteiger charge is 2.34. The third kappa shape index (κ3) is 6.67. The molecular weight excluding hydrogens is 420 g/mol. The lowest BCUT2D eigenvalue weighted by Gasteiger charge is -2.37. The highest BCUT2D eigenvalue weighted by molar-refractivity contribution is 5.86. The molecule has 2 aliphatic heterocycles. The number of carbonyl (C=O) groups is 3. The molecule has 0 bridgehead atoms. The van der Waals surface area contributed by atoms with Crippen LogP contribution in [-0.4, -0.2) is 53.1 Å². The maximum Gasteiger partial charge on any atom is 0.306 e. The Morgan fingerprint density at radius 3 is 2.61 bits per heavy atom. The second-order valence-electron chi connectivity index (χ2n) is 10.1. The molecule has 0 unspecified atom stereocenters. The van der Waals surface area contributed by atoms with Gasteiger partial charge < -0.3 is 20.1 Å². The Morgan fingerprint density at radius 1 is 1.18 bits per heavy atom. The highest BCUT2D eigenvalue weighted by atomic mass is 16.5. The quantitative estimate of drug-likeness (QED) is 0.539. The van der Waals surface area contributed by atoms with E-state index in [0.29, 0.717) is 25.8 Å². The van der Waals surface area contributed by atoms with Crippen LogP contribution in [0.2, 0.25) is 0 Å². The fourth-order valence-electron chi connectivity index (χ4n) is 4.28. The van der Waals surface area contributed by atoms with Crippen molar-refractivity contribution in [1.29, 1.82) is 0 Å². The molecule has 0 fully saturated rings. The summed E-state index contributed by atoms with van der Waals surface area (Å²) in [6.45, 7) is 6.37. The Kier molecular flexibility index (Phi) is 8.30. The first kappa shape index (κ1) is 25.0. The molecule has 2 aliphatic rings. The number of benzene rings is 1. The van der Waals surface area contributed by atoms with Gasteiger partial charge in [0.1, 0.15) is 6.61 Å². The molecule has 7 nitrogen and oxygen atoms in total. The van der Waals surface area contributed by atoms with Crippen molar-refractivity contribution in [2.75, 3.05) is 13.2 Å². The molecule has 3 atom stereocenters. The van der Waals surface area contributed by atoms with Gasteiger partial charge in [0, 0.05) is 19.4 Å². The summed E-state index contributed by atoms with van der Waals surface area (Å²) in [6, 6.07) is 7.30. The summed E-state index contributed by atoms with van der Waals surface area (Å²) in [5.41, 5.74) is 1.91. The average molecular weight is 457 g/mol. The van der Waals surface area contributed by atoms with Crippen LogP contribution in [0.1, 0.15) is 57.6 Å². The normalized spacial score (nSPS) is 24.7. The SMILES string of the molecule is CC(C)(C)[C@H]1COC(=O)CCC=CC[C@H](CC(=O)N2Cc3ccccc3C[C@H]2CO)C(=O)N1. The van der Waals surface area contributed by atoms with E-state index in [1.165, 1.54) is 0 Å². The van der Waals surface area contributed by atoms with Crippen molar-refractivity contribution >= 4 is 17.8 Å². The van der Waals surface area contributed by atoms with E-state index in [-0.39, 0.29) is 61.3 Å². The number of hydrogen-bond donors (Lipinski definition) is 2. The van der Waals surface area contributed by atoms with Crippen molar-refractivity contribution in [3.8, 4) is 0 Å². The van der Waals surface area contributed by atoms with Gasteiger partial charge >= 0.3 is 5.97 Å². The van der Waals surface area contributed by atoms with E-state index in [1.54, 1.807) is 4.90 Å². The average Bonchev–Trinajstić information content (AvgIpc) is 2.77. The van der Waals surface area contributed by atoms with Gasteiger partial charge in [-0.1, -0.05) is 57.2 Å². The monoisotopic (exact) mass is 456 g/mol. The predicted octanol–water partition coefficient (Wildman–Crippen LogP) is 2.75. The smallest absolute Gasteiger partial charge is 0.306 e. The van der Waals surface area contributed by atoms with Crippen LogP contribution in [-0.2, 0) is 32.1 Å². The molecule has 0 saturated carbocycles. The van der Waals surface area contributed by atoms with Gasteiger partial charge in [-0.15, -0.1) is 0 Å². The summed E-state index contributed by atoms with van der Waals surface area (Å²) in [6.07, 6.45) is 5.64. The maximum atomic E-state index is 13.3. The summed E-state index contributed by atoms with van der Waals surface area (Å²) in [5.74, 6) is -1.17. The summed E-state index contributed by atoms with van der Waals surface area (Å²) >= 11 is 0. The number of aliphatic hydroxyl groups excluding tert-OH is 1. The number of nitrogens with zero attached hydrogens (tertiary/aromatic N) is 1. The Labute approximate surface area is 196 Å². The number of esters is 1. The van der Waals surface area contributed by atoms with Crippen LogP contribution in [0.25, 0.3) is 0 Å². The van der Waals surface area contributed by atoms with Crippen molar-refractivity contribution in [3.63, 3.8) is 0 Å². The Balaban J connectivity index is 1.77. The largest absolute Gasteiger partial charge is 0.463 e. The van der Waals surface area contributed by atoms with E-state index >= 15 is 0 Å². The van der Waals surface area contributed by atoms with Gasteiger partial charge in [0.25, 0.3) is 0 Å². The van der Waals surface area contributed by atoms with Crippen LogP contribution in [0.5, 0.6) is 0 Å². The Hall–Kier alpha value is -2.67. The van der Waals surface area contributed by atoms with E-state index in [9.17, 15) is 19.5 Å². The molecule has 1 aromatic carbocycles. The fraction of sp³-hybridized carbons (Fsp3) is 0.577. The number of allylic oxidation sites excluding steroid dienone is 2. The predicted molar refractivity (Wildman–Crippen MR) is 125 cm³/mol. The minimum atomic E-state index is -0.537. The third-order valence-electron chi connectivity index (χ3n) is 6.55. The van der Waals surface area contributed by atoms with Gasteiger partial charge in [-0.25, -0.2) is 0 Å². The summed E-state index contributed by atoms with van der Waals surface area (Å²) in [7, 11) is 0. The molecule has 2 heterocycles. The molecule has 0 radical (unpaired) electrons. The van der Waals surface area contributed by atoms with Gasteiger partial charge in [-0.05, 0) is 35.8 Å². The molecule has 2 amide bonds. The molecule has 33 heavy (non-hydrogen) atoms. The minimum absolute atomic E-state index is 0.0610. The van der Waals surface area contributed by atoms with E-state index in [4.69, 9.17) is 4.74 Å². The number of cyclic esters (lactones) is 1. The Bertz CT molecular complexity index is 889. The van der Waals surface area contributed by atoms with E-state index < -0.39 is 5.92 Å². The zero-order chi connectivity index (χ0) is 24.0. The number of fused-ring (bicyclic) bond motifs is 1. The second kappa shape index (κ2) is 11.0. The van der Waals surface area contributed by atoms with Gasteiger partial charge in [0.05, 0.1) is 24.6 Å². The van der Waals surface area contributed by atoms with E-state index in [2.05, 4.69) is 5.32 Å². The van der Waals surface area contributed by atoms with Crippen LogP contribution in [0.3, 0.4) is 0 Å². The third-order valence-corrected chi connectivity index (χ3v) is 6.55. The summed E-state index contributed by atoms with van der Waals surface area (Å²) in [5, 5.41) is 12.9. The molecule has 7 heteroatoms. The van der Waals surface area contributed by atoms with Gasteiger partial charge in [0.15, 0.2) is 0 Å². The lowest BCUT2D eigenvalue weighted by Crippen LogP contribution is -2.50. The Morgan fingerprint density at radius 2 is 1.91 bits per heavy atom. The molecule has 0 aliphatic carbocycles. The lowest BCUT2D eigenvalue weighted by atomic mass is 9.86. The number of hydrogen-bond acceptors (Lipinski definition) is 5. The molecule has 0 saturated heterocycles. The van der Waals surface area contributed by atoms with Crippen LogP contribution in [0.15, 0.2) is 36.4 Å². The molecular formula is C26H36N2O5. The first-order chi connectivity index (χ1) is 15.7. The topological polar surface area (TPSA) is 95.9 Å². The maximum absolute atomic E-state index is 13.3. The number of aliphatic hydroxyl groups is 1. The van der Waals surface area contributed by atoms with Crippen molar-refractivity contribution in [2.45, 2.75) is 71.5 Å². The number of carbonyl (C=O) groups excluding carboxylic acids is 3. The zero-order valence-electron chi connectivity index (χ0n) is 19.9. The molecule has 1 aromatic rings. The van der Waals surface area contributed by atoms with Crippen molar-refractivity contribution in [1.82, 2.24) is 10.2 Å². The summed E-state index contributed by atoms with van der Waals surface area (Å²) < 4.78 is 5.39. The number of ether oxygens (including phenoxy) is 1. The van der Waals surface area contributed by atoms with Crippen molar-refractivity contribution < 1.29 is 24.2 Å². The molecule has 3 rings (SSSR count). The van der Waals surface area contributed by atoms with E-state index in [1.807, 2.05) is 57.2 Å². The first-order valence-electron chi connectivity index (χ1n) is 11.8. The lowest BCUT2D eigenvalue weighted by molar-refractivity contribution is -0.146. The van der Waals surface area contributed by atoms with Crippen LogP contribution >= 0.6 is 0 Å². The first-order valence-corrected chi connectivity index (χ1v) is 11.8. The molecule has 2 N–H and O–H groups in total. The van der Waals surface area contributed by atoms with Crippen molar-refractivity contribution in [2.24, 2.45) is 11.3 Å². The fourth-order valence-corrected chi connectivity index (χ4v) is 4.28. The molecule has 0 spiro atoms. The van der Waals surface area contributed by atoms with Gasteiger partial charge in [-0.3, -0.25) is 14.4 Å². The van der Waals surface area contributed by atoms with Crippen LogP contribution < -0.4 is 5.32 Å². The zero-order valence-corrected chi connectivity index (χ0v) is 19.9. The van der Waals surface area contributed by atoms with Crippen molar-refractivity contribution in [3.05, 3.63) is 47.5 Å². The van der Waals surface area contributed by atoms with Gasteiger partial charge in [0.2, 0.25) is 11.8 Å². The minimum Gasteiger partial charge on any atom is -0.463 e. The molecule has 0 aromatic heterocycles. The summed E-state index contributed by atoms with van der Waals surface area (Å²) in [4.78, 5) is 40.2. The van der Waals surface area contributed by atoms with Gasteiger partial charge in [-0.2, -0.15) is 0 Å². The number of rotatable bonds is 3. The number of amides is 2. The number of nitrogens with one attached hydrogen (secondary N) is 1. The van der Waals surface area contributed by atoms with E-state index in [0.717, 1.165) is 11.1 Å². The second-order valence-corrected chi connectivity index (χ2v) is 10.1.